The minimum atomic E-state index is -0.374. The molecule has 2 aromatic rings. The smallest absolute Gasteiger partial charge is 0.224 e. The van der Waals surface area contributed by atoms with Gasteiger partial charge in [0.1, 0.15) is 5.82 Å². The molecule has 1 aliphatic heterocycles. The average molecular weight is 470 g/mol. The Kier molecular flexibility index (Phi) is 7.32. The van der Waals surface area contributed by atoms with Crippen LogP contribution in [0.1, 0.15) is 51.3 Å². The van der Waals surface area contributed by atoms with Gasteiger partial charge in [0.15, 0.2) is 0 Å². The number of anilines is 1. The van der Waals surface area contributed by atoms with Crippen LogP contribution in [0.25, 0.3) is 11.3 Å². The number of aromatic nitrogens is 1. The highest BCUT2D eigenvalue weighted by atomic mass is 79.9. The lowest BCUT2D eigenvalue weighted by molar-refractivity contribution is -0.116. The predicted octanol–water partition coefficient (Wildman–Crippen LogP) is 6.65. The molecule has 156 valence electrons. The van der Waals surface area contributed by atoms with E-state index in [1.807, 2.05) is 25.1 Å². The molecule has 0 atom stereocenters. The largest absolute Gasteiger partial charge is 0.325 e. The van der Waals surface area contributed by atoms with E-state index < -0.39 is 0 Å². The first-order chi connectivity index (χ1) is 14.4. The number of carbonyl (C=O) groups is 1. The number of amides is 1. The highest BCUT2D eigenvalue weighted by Gasteiger charge is 2.19. The van der Waals surface area contributed by atoms with Crippen molar-refractivity contribution in [1.29, 1.82) is 0 Å². The van der Waals surface area contributed by atoms with Gasteiger partial charge in [0, 0.05) is 28.2 Å². The number of nitrogens with one attached hydrogen (secondary N) is 1. The van der Waals surface area contributed by atoms with Gasteiger partial charge in [-0.25, -0.2) is 4.39 Å². The van der Waals surface area contributed by atoms with Crippen molar-refractivity contribution in [2.24, 2.45) is 10.9 Å². The third-order valence-electron chi connectivity index (χ3n) is 4.83. The number of hydrogen-bond acceptors (Lipinski definition) is 3. The number of rotatable bonds is 2. The lowest BCUT2D eigenvalue weighted by atomic mass is 9.94. The van der Waals surface area contributed by atoms with Gasteiger partial charge < -0.3 is 5.32 Å². The quantitative estimate of drug-likeness (QED) is 0.535. The molecule has 3 rings (SSSR count). The standard InChI is InChI=1S/C24H25BrFN3O/c1-4-20-19-13-17(26)10-12-22(19)28-23(30)8-6-5-7-18(24(29-20)15(2)3)21-11-9-16(25)14-27-21/h4,7,9-15H,5-6,8H2,1-3H3,(H,28,30)/b18-7-,20-4-,29-24-. The summed E-state index contributed by atoms with van der Waals surface area (Å²) in [5.41, 5.74) is 4.37. The van der Waals surface area contributed by atoms with Gasteiger partial charge >= 0.3 is 0 Å². The SMILES string of the molecule is C\C=C1/N=C(C(C)C)\C(c2ccc(Br)cn2)=C/CCCC(=O)Nc2ccc(F)cc21. The summed E-state index contributed by atoms with van der Waals surface area (Å²) in [5.74, 6) is -0.351. The number of fused-ring (bicyclic) bond motifs is 1. The van der Waals surface area contributed by atoms with Crippen LogP contribution < -0.4 is 5.32 Å². The normalized spacial score (nSPS) is 20.3. The molecule has 0 radical (unpaired) electrons. The molecule has 0 aliphatic carbocycles. The molecule has 4 nitrogen and oxygen atoms in total. The van der Waals surface area contributed by atoms with Crippen LogP contribution in [-0.4, -0.2) is 16.6 Å². The zero-order valence-corrected chi connectivity index (χ0v) is 19.0. The zero-order valence-electron chi connectivity index (χ0n) is 17.4. The number of aliphatic imine (C=N–C) groups is 1. The molecular weight excluding hydrogens is 445 g/mol. The summed E-state index contributed by atoms with van der Waals surface area (Å²) in [7, 11) is 0. The van der Waals surface area contributed by atoms with Gasteiger partial charge in [-0.2, -0.15) is 0 Å². The van der Waals surface area contributed by atoms with E-state index in [2.05, 4.69) is 46.2 Å². The second-order valence-electron chi connectivity index (χ2n) is 7.44. The molecule has 1 aliphatic rings. The molecule has 6 heteroatoms. The summed E-state index contributed by atoms with van der Waals surface area (Å²) in [6, 6.07) is 8.26. The van der Waals surface area contributed by atoms with Crippen LogP contribution in [0.5, 0.6) is 0 Å². The Labute approximate surface area is 185 Å². The fraction of sp³-hybridized carbons (Fsp3) is 0.292. The second kappa shape index (κ2) is 9.94. The maximum atomic E-state index is 14.1. The van der Waals surface area contributed by atoms with Crippen LogP contribution >= 0.6 is 15.9 Å². The molecule has 0 spiro atoms. The lowest BCUT2D eigenvalue weighted by Crippen LogP contribution is -2.15. The predicted molar refractivity (Wildman–Crippen MR) is 125 cm³/mol. The van der Waals surface area contributed by atoms with Crippen molar-refractivity contribution in [3.8, 4) is 0 Å². The van der Waals surface area contributed by atoms with Gasteiger partial charge in [0.2, 0.25) is 5.91 Å². The number of halogens is 2. The number of hydrogen-bond donors (Lipinski definition) is 1. The monoisotopic (exact) mass is 469 g/mol. The second-order valence-corrected chi connectivity index (χ2v) is 8.35. The van der Waals surface area contributed by atoms with Crippen LogP contribution in [-0.2, 0) is 4.79 Å². The van der Waals surface area contributed by atoms with E-state index in [9.17, 15) is 9.18 Å². The zero-order chi connectivity index (χ0) is 21.7. The van der Waals surface area contributed by atoms with E-state index in [1.165, 1.54) is 12.1 Å². The van der Waals surface area contributed by atoms with Gasteiger partial charge in [-0.15, -0.1) is 0 Å². The van der Waals surface area contributed by atoms with E-state index in [0.717, 1.165) is 27.9 Å². The third kappa shape index (κ3) is 5.30. The Morgan fingerprint density at radius 1 is 1.23 bits per heavy atom. The van der Waals surface area contributed by atoms with Crippen molar-refractivity contribution < 1.29 is 9.18 Å². The van der Waals surface area contributed by atoms with Gasteiger partial charge in [0.05, 0.1) is 22.8 Å². The van der Waals surface area contributed by atoms with Crippen molar-refractivity contribution in [3.05, 3.63) is 70.2 Å². The summed E-state index contributed by atoms with van der Waals surface area (Å²) in [5, 5.41) is 2.91. The first kappa shape index (κ1) is 22.1. The fourth-order valence-corrected chi connectivity index (χ4v) is 3.58. The van der Waals surface area contributed by atoms with Gasteiger partial charge in [0.25, 0.3) is 0 Å². The van der Waals surface area contributed by atoms with E-state index >= 15 is 0 Å². The minimum absolute atomic E-state index is 0.0938. The molecule has 1 N–H and O–H groups in total. The Balaban J connectivity index is 2.22. The summed E-state index contributed by atoms with van der Waals surface area (Å²) >= 11 is 3.43. The topological polar surface area (TPSA) is 54.4 Å². The summed E-state index contributed by atoms with van der Waals surface area (Å²) in [6.45, 7) is 6.03. The molecule has 2 heterocycles. The number of benzene rings is 1. The highest BCUT2D eigenvalue weighted by Crippen LogP contribution is 2.30. The van der Waals surface area contributed by atoms with Crippen molar-refractivity contribution >= 4 is 44.5 Å². The Bertz CT molecular complexity index is 1020. The summed E-state index contributed by atoms with van der Waals surface area (Å²) in [6.07, 6.45) is 7.51. The molecule has 0 unspecified atom stereocenters. The third-order valence-corrected chi connectivity index (χ3v) is 5.30. The van der Waals surface area contributed by atoms with E-state index in [0.29, 0.717) is 29.8 Å². The first-order valence-electron chi connectivity index (χ1n) is 10.1. The van der Waals surface area contributed by atoms with E-state index in [4.69, 9.17) is 4.99 Å². The van der Waals surface area contributed by atoms with E-state index in [-0.39, 0.29) is 17.6 Å². The molecule has 0 saturated carbocycles. The van der Waals surface area contributed by atoms with Crippen molar-refractivity contribution in [1.82, 2.24) is 4.98 Å². The van der Waals surface area contributed by atoms with Crippen LogP contribution in [0, 0.1) is 11.7 Å². The molecule has 0 fully saturated rings. The Hall–Kier alpha value is -2.60. The maximum absolute atomic E-state index is 14.1. The van der Waals surface area contributed by atoms with Crippen molar-refractivity contribution in [2.75, 3.05) is 5.32 Å². The first-order valence-corrected chi connectivity index (χ1v) is 10.9. The molecule has 0 saturated heterocycles. The number of carbonyl (C=O) groups excluding carboxylic acids is 1. The number of allylic oxidation sites excluding steroid dienone is 3. The van der Waals surface area contributed by atoms with Crippen molar-refractivity contribution in [3.63, 3.8) is 0 Å². The minimum Gasteiger partial charge on any atom is -0.325 e. The highest BCUT2D eigenvalue weighted by molar-refractivity contribution is 9.10. The van der Waals surface area contributed by atoms with Gasteiger partial charge in [-0.1, -0.05) is 26.0 Å². The molecule has 0 bridgehead atoms. The maximum Gasteiger partial charge on any atom is 0.224 e. The lowest BCUT2D eigenvalue weighted by Gasteiger charge is -2.18. The summed E-state index contributed by atoms with van der Waals surface area (Å²) in [4.78, 5) is 21.9. The van der Waals surface area contributed by atoms with Crippen LogP contribution in [0.15, 0.2) is 58.1 Å². The molecule has 1 amide bonds. The summed E-state index contributed by atoms with van der Waals surface area (Å²) < 4.78 is 15.0. The Morgan fingerprint density at radius 2 is 2.03 bits per heavy atom. The van der Waals surface area contributed by atoms with Crippen LogP contribution in [0.4, 0.5) is 10.1 Å². The van der Waals surface area contributed by atoms with Gasteiger partial charge in [-0.05, 0) is 71.9 Å². The molecular formula is C24H25BrFN3O. The average Bonchev–Trinajstić information content (AvgIpc) is 2.71. The van der Waals surface area contributed by atoms with Crippen LogP contribution in [0.2, 0.25) is 0 Å². The van der Waals surface area contributed by atoms with Gasteiger partial charge in [-0.3, -0.25) is 14.8 Å². The molecule has 1 aromatic heterocycles. The van der Waals surface area contributed by atoms with Crippen LogP contribution in [0.3, 0.4) is 0 Å². The number of nitrogens with zero attached hydrogens (tertiary/aromatic N) is 2. The molecule has 1 aromatic carbocycles. The van der Waals surface area contributed by atoms with Crippen molar-refractivity contribution in [2.45, 2.75) is 40.0 Å². The molecule has 30 heavy (non-hydrogen) atoms. The van der Waals surface area contributed by atoms with E-state index in [1.54, 1.807) is 12.3 Å². The fourth-order valence-electron chi connectivity index (χ4n) is 3.34. The number of pyridine rings is 1. The Morgan fingerprint density at radius 3 is 2.70 bits per heavy atom.